The highest BCUT2D eigenvalue weighted by molar-refractivity contribution is 5.21. The van der Waals surface area contributed by atoms with Crippen LogP contribution in [0.1, 0.15) is 106 Å². The SMILES string of the molecule is C=C(C)[C@@H]1CC[C@]2(CO)CC[C@]3(C)[C@H](CC[C@@H]4[C@@]5(C)CC[C@H](O[C@H]6O[C@H](CO)[C@H](O)[C@@H](O)[C@@H]6O)C(C)(C)[C@@H]5CC[C@]43C)[C@@H]12. The fourth-order valence-corrected chi connectivity index (χ4v) is 13.1. The molecule has 246 valence electrons. The number of rotatable bonds is 5. The smallest absolute Gasteiger partial charge is 0.186 e. The third kappa shape index (κ3) is 4.38. The van der Waals surface area contributed by atoms with E-state index in [4.69, 9.17) is 9.47 Å². The Balaban J connectivity index is 1.26. The Kier molecular flexibility index (Phi) is 8.10. The number of aliphatic hydroxyl groups excluding tert-OH is 5. The average molecular weight is 605 g/mol. The summed E-state index contributed by atoms with van der Waals surface area (Å²) >= 11 is 0. The van der Waals surface area contributed by atoms with Gasteiger partial charge >= 0.3 is 0 Å². The first-order valence-corrected chi connectivity index (χ1v) is 17.3. The van der Waals surface area contributed by atoms with Crippen molar-refractivity contribution in [2.45, 2.75) is 143 Å². The summed E-state index contributed by atoms with van der Waals surface area (Å²) in [5.41, 5.74) is 1.83. The maximum Gasteiger partial charge on any atom is 0.186 e. The summed E-state index contributed by atoms with van der Waals surface area (Å²) in [7, 11) is 0. The van der Waals surface area contributed by atoms with E-state index in [-0.39, 0.29) is 33.2 Å². The van der Waals surface area contributed by atoms with Crippen LogP contribution in [0.15, 0.2) is 12.2 Å². The highest BCUT2D eigenvalue weighted by atomic mass is 16.7. The van der Waals surface area contributed by atoms with E-state index in [0.717, 1.165) is 32.1 Å². The molecular weight excluding hydrogens is 544 g/mol. The first-order valence-electron chi connectivity index (χ1n) is 17.3. The third-order valence-corrected chi connectivity index (χ3v) is 15.6. The van der Waals surface area contributed by atoms with Crippen molar-refractivity contribution >= 4 is 0 Å². The van der Waals surface area contributed by atoms with E-state index in [1.54, 1.807) is 0 Å². The van der Waals surface area contributed by atoms with E-state index < -0.39 is 37.3 Å². The van der Waals surface area contributed by atoms with Gasteiger partial charge in [-0.25, -0.2) is 0 Å². The van der Waals surface area contributed by atoms with Crippen molar-refractivity contribution in [3.63, 3.8) is 0 Å². The third-order valence-electron chi connectivity index (χ3n) is 15.6. The topological polar surface area (TPSA) is 120 Å². The Morgan fingerprint density at radius 3 is 2.16 bits per heavy atom. The van der Waals surface area contributed by atoms with Crippen molar-refractivity contribution in [1.29, 1.82) is 0 Å². The lowest BCUT2D eigenvalue weighted by Crippen LogP contribution is -2.67. The van der Waals surface area contributed by atoms with Crippen LogP contribution in [0.25, 0.3) is 0 Å². The minimum atomic E-state index is -1.43. The molecule has 7 nitrogen and oxygen atoms in total. The summed E-state index contributed by atoms with van der Waals surface area (Å²) in [6.07, 6.45) is 4.94. The molecule has 15 atom stereocenters. The second-order valence-corrected chi connectivity index (χ2v) is 17.4. The van der Waals surface area contributed by atoms with Crippen molar-refractivity contribution in [3.05, 3.63) is 12.2 Å². The van der Waals surface area contributed by atoms with Gasteiger partial charge in [0.05, 0.1) is 12.7 Å². The maximum atomic E-state index is 10.8. The van der Waals surface area contributed by atoms with Crippen molar-refractivity contribution in [1.82, 2.24) is 0 Å². The lowest BCUT2D eigenvalue weighted by molar-refractivity contribution is -0.332. The van der Waals surface area contributed by atoms with E-state index in [1.165, 1.54) is 37.7 Å². The van der Waals surface area contributed by atoms with Crippen molar-refractivity contribution < 1.29 is 35.0 Å². The molecule has 7 heteroatoms. The standard InChI is InChI=1S/C36H60O7/c1-20(2)21-10-15-36(19-38)17-16-34(6)22(27(21)36)8-9-25-33(5)13-12-26(32(3,4)24(33)11-14-35(25,34)7)43-31-30(41)29(40)28(39)23(18-37)42-31/h21-31,37-41H,1,8-19H2,2-7H3/t21-,22+,23+,24-,25+,26-,27+,28-,29+,30-,31+,33-,34+,35+,36+/m0/s1. The lowest BCUT2D eigenvalue weighted by atomic mass is 9.32. The number of allylic oxidation sites excluding steroid dienone is 1. The van der Waals surface area contributed by atoms with Crippen LogP contribution in [-0.4, -0.2) is 75.6 Å². The molecule has 0 bridgehead atoms. The zero-order chi connectivity index (χ0) is 31.3. The van der Waals surface area contributed by atoms with Gasteiger partial charge < -0.3 is 35.0 Å². The monoisotopic (exact) mass is 604 g/mol. The average Bonchev–Trinajstić information content (AvgIpc) is 3.35. The Labute approximate surface area is 259 Å². The summed E-state index contributed by atoms with van der Waals surface area (Å²) in [6.45, 7) is 19.0. The van der Waals surface area contributed by atoms with Crippen LogP contribution in [0.4, 0.5) is 0 Å². The minimum Gasteiger partial charge on any atom is -0.396 e. The highest BCUT2D eigenvalue weighted by Gasteiger charge is 2.71. The molecule has 0 aromatic carbocycles. The van der Waals surface area contributed by atoms with Crippen LogP contribution < -0.4 is 0 Å². The molecule has 0 spiro atoms. The quantitative estimate of drug-likeness (QED) is 0.225. The largest absolute Gasteiger partial charge is 0.396 e. The molecule has 1 heterocycles. The predicted octanol–water partition coefficient (Wildman–Crippen LogP) is 4.82. The van der Waals surface area contributed by atoms with Crippen LogP contribution in [0, 0.1) is 56.7 Å². The molecule has 1 aliphatic heterocycles. The molecule has 43 heavy (non-hydrogen) atoms. The molecule has 0 unspecified atom stereocenters. The highest BCUT2D eigenvalue weighted by Crippen LogP contribution is 2.77. The van der Waals surface area contributed by atoms with Gasteiger partial charge in [-0.1, -0.05) is 46.8 Å². The molecule has 5 aliphatic carbocycles. The molecule has 6 fully saturated rings. The summed E-state index contributed by atoms with van der Waals surface area (Å²) in [6, 6.07) is 0. The number of aliphatic hydroxyl groups is 5. The van der Waals surface area contributed by atoms with Gasteiger partial charge in [0.25, 0.3) is 0 Å². The number of hydrogen-bond donors (Lipinski definition) is 5. The van der Waals surface area contributed by atoms with Crippen molar-refractivity contribution in [2.24, 2.45) is 56.7 Å². The van der Waals surface area contributed by atoms with Crippen LogP contribution >= 0.6 is 0 Å². The number of hydrogen-bond acceptors (Lipinski definition) is 7. The van der Waals surface area contributed by atoms with Crippen LogP contribution in [0.3, 0.4) is 0 Å². The zero-order valence-corrected chi connectivity index (χ0v) is 27.6. The molecule has 6 rings (SSSR count). The second kappa shape index (κ2) is 10.7. The van der Waals surface area contributed by atoms with E-state index in [2.05, 4.69) is 48.1 Å². The lowest BCUT2D eigenvalue weighted by Gasteiger charge is -2.73. The Bertz CT molecular complexity index is 1080. The summed E-state index contributed by atoms with van der Waals surface area (Å²) in [5, 5.41) is 51.8. The molecule has 0 aromatic heterocycles. The van der Waals surface area contributed by atoms with Crippen LogP contribution in [0.2, 0.25) is 0 Å². The summed E-state index contributed by atoms with van der Waals surface area (Å²) < 4.78 is 12.3. The Morgan fingerprint density at radius 1 is 0.791 bits per heavy atom. The summed E-state index contributed by atoms with van der Waals surface area (Å²) in [4.78, 5) is 0. The van der Waals surface area contributed by atoms with Gasteiger partial charge in [0.15, 0.2) is 6.29 Å². The first kappa shape index (κ1) is 32.4. The van der Waals surface area contributed by atoms with Gasteiger partial charge in [-0.05, 0) is 128 Å². The molecule has 5 saturated carbocycles. The minimum absolute atomic E-state index is 0.0693. The molecule has 1 saturated heterocycles. The zero-order valence-electron chi connectivity index (χ0n) is 27.6. The fourth-order valence-electron chi connectivity index (χ4n) is 13.1. The molecule has 0 aromatic rings. The number of fused-ring (bicyclic) bond motifs is 7. The van der Waals surface area contributed by atoms with Gasteiger partial charge in [0.1, 0.15) is 24.4 Å². The van der Waals surface area contributed by atoms with Gasteiger partial charge in [0, 0.05) is 6.61 Å². The molecule has 0 radical (unpaired) electrons. The Morgan fingerprint density at radius 2 is 1.51 bits per heavy atom. The molecular formula is C36H60O7. The molecule has 6 aliphatic rings. The Hall–Kier alpha value is -0.540. The normalized spacial score (nSPS) is 55.9. The number of ether oxygens (including phenoxy) is 2. The summed E-state index contributed by atoms with van der Waals surface area (Å²) in [5.74, 6) is 2.74. The van der Waals surface area contributed by atoms with E-state index in [0.29, 0.717) is 36.2 Å². The van der Waals surface area contributed by atoms with Gasteiger partial charge in [-0.15, -0.1) is 0 Å². The molecule has 0 amide bonds. The second-order valence-electron chi connectivity index (χ2n) is 17.4. The van der Waals surface area contributed by atoms with Gasteiger partial charge in [-0.3, -0.25) is 0 Å². The van der Waals surface area contributed by atoms with Gasteiger partial charge in [-0.2, -0.15) is 0 Å². The van der Waals surface area contributed by atoms with E-state index in [1.807, 2.05) is 0 Å². The predicted molar refractivity (Wildman–Crippen MR) is 165 cm³/mol. The van der Waals surface area contributed by atoms with E-state index >= 15 is 0 Å². The van der Waals surface area contributed by atoms with Gasteiger partial charge in [0.2, 0.25) is 0 Å². The van der Waals surface area contributed by atoms with Crippen LogP contribution in [-0.2, 0) is 9.47 Å². The van der Waals surface area contributed by atoms with Crippen LogP contribution in [0.5, 0.6) is 0 Å². The fraction of sp³-hybridized carbons (Fsp3) is 0.944. The maximum absolute atomic E-state index is 10.8. The van der Waals surface area contributed by atoms with Crippen molar-refractivity contribution in [2.75, 3.05) is 13.2 Å². The first-order chi connectivity index (χ1) is 20.1. The molecule has 5 N–H and O–H groups in total. The van der Waals surface area contributed by atoms with Crippen molar-refractivity contribution in [3.8, 4) is 0 Å². The van der Waals surface area contributed by atoms with E-state index in [9.17, 15) is 25.5 Å².